The number of ether oxygens (including phenoxy) is 1. The van der Waals surface area contributed by atoms with Crippen LogP contribution < -0.4 is 10.5 Å². The summed E-state index contributed by atoms with van der Waals surface area (Å²) in [6.45, 7) is 2.80. The minimum Gasteiger partial charge on any atom is -0.493 e. The van der Waals surface area contributed by atoms with Gasteiger partial charge in [-0.05, 0) is 12.5 Å². The van der Waals surface area contributed by atoms with Gasteiger partial charge in [0.25, 0.3) is 0 Å². The minimum absolute atomic E-state index is 0. The van der Waals surface area contributed by atoms with Gasteiger partial charge in [-0.2, -0.15) is 0 Å². The van der Waals surface area contributed by atoms with Crippen molar-refractivity contribution in [3.8, 4) is 5.75 Å². The average molecular weight is 200 g/mol. The fraction of sp³-hybridized carbons (Fsp3) is 0.400. The van der Waals surface area contributed by atoms with Gasteiger partial charge >= 0.3 is 0 Å². The molecule has 2 N–H and O–H groups in total. The molecule has 0 saturated heterocycles. The van der Waals surface area contributed by atoms with Gasteiger partial charge in [-0.1, -0.05) is 18.2 Å². The predicted octanol–water partition coefficient (Wildman–Crippen LogP) is 2.20. The van der Waals surface area contributed by atoms with E-state index in [1.54, 1.807) is 0 Å². The maximum atomic E-state index is 5.94. The van der Waals surface area contributed by atoms with Crippen LogP contribution in [0.25, 0.3) is 0 Å². The van der Waals surface area contributed by atoms with E-state index >= 15 is 0 Å². The van der Waals surface area contributed by atoms with Crippen LogP contribution in [0.15, 0.2) is 18.2 Å². The highest BCUT2D eigenvalue weighted by molar-refractivity contribution is 5.85. The minimum atomic E-state index is 0. The number of para-hydroxylation sites is 1. The zero-order chi connectivity index (χ0) is 8.55. The molecule has 0 radical (unpaired) electrons. The van der Waals surface area contributed by atoms with E-state index in [2.05, 4.69) is 13.0 Å². The Bertz CT molecular complexity index is 301. The Labute approximate surface area is 84.5 Å². The maximum Gasteiger partial charge on any atom is 0.126 e. The monoisotopic (exact) mass is 199 g/mol. The standard InChI is InChI=1S/C10H13NO.ClH/c1-7-3-2-4-8-9(11)5-6-12-10(7)8;/h2-4,9H,5-6,11H2,1H3;1H. The second-order valence-electron chi connectivity index (χ2n) is 3.24. The molecule has 1 aromatic carbocycles. The van der Waals surface area contributed by atoms with Gasteiger partial charge in [0.05, 0.1) is 6.61 Å². The van der Waals surface area contributed by atoms with Crippen molar-refractivity contribution in [1.29, 1.82) is 0 Å². The summed E-state index contributed by atoms with van der Waals surface area (Å²) in [4.78, 5) is 0. The molecule has 0 bridgehead atoms. The molecule has 1 aliphatic heterocycles. The Kier molecular flexibility index (Phi) is 3.17. The molecule has 1 aliphatic rings. The number of nitrogens with two attached hydrogens (primary N) is 1. The zero-order valence-corrected chi connectivity index (χ0v) is 8.43. The summed E-state index contributed by atoms with van der Waals surface area (Å²) in [6, 6.07) is 6.29. The molecule has 0 saturated carbocycles. The van der Waals surface area contributed by atoms with E-state index in [4.69, 9.17) is 10.5 Å². The Balaban J connectivity index is 0.000000845. The summed E-state index contributed by atoms with van der Waals surface area (Å²) in [5.41, 5.74) is 8.27. The van der Waals surface area contributed by atoms with Gasteiger partial charge in [-0.15, -0.1) is 12.4 Å². The first-order chi connectivity index (χ1) is 5.79. The predicted molar refractivity (Wildman–Crippen MR) is 55.5 cm³/mol. The lowest BCUT2D eigenvalue weighted by atomic mass is 9.99. The third kappa shape index (κ3) is 1.79. The summed E-state index contributed by atoms with van der Waals surface area (Å²) < 4.78 is 5.54. The summed E-state index contributed by atoms with van der Waals surface area (Å²) in [5.74, 6) is 0.997. The van der Waals surface area contributed by atoms with E-state index in [9.17, 15) is 0 Å². The van der Waals surface area contributed by atoms with Gasteiger partial charge in [-0.25, -0.2) is 0 Å². The summed E-state index contributed by atoms with van der Waals surface area (Å²) in [7, 11) is 0. The van der Waals surface area contributed by atoms with Crippen molar-refractivity contribution in [3.63, 3.8) is 0 Å². The van der Waals surface area contributed by atoms with Crippen LogP contribution >= 0.6 is 12.4 Å². The molecule has 13 heavy (non-hydrogen) atoms. The Hall–Kier alpha value is -0.730. The largest absolute Gasteiger partial charge is 0.493 e. The van der Waals surface area contributed by atoms with Crippen molar-refractivity contribution in [3.05, 3.63) is 29.3 Å². The van der Waals surface area contributed by atoms with Gasteiger partial charge in [-0.3, -0.25) is 0 Å². The lowest BCUT2D eigenvalue weighted by Gasteiger charge is -2.24. The average Bonchev–Trinajstić information content (AvgIpc) is 2.07. The molecule has 3 heteroatoms. The molecule has 0 aliphatic carbocycles. The zero-order valence-electron chi connectivity index (χ0n) is 7.62. The van der Waals surface area contributed by atoms with Gasteiger partial charge in [0, 0.05) is 18.0 Å². The number of halogens is 1. The van der Waals surface area contributed by atoms with Crippen LogP contribution in [0.5, 0.6) is 5.75 Å². The van der Waals surface area contributed by atoms with E-state index < -0.39 is 0 Å². The SMILES string of the molecule is Cc1cccc2c1OCCC2N.Cl. The van der Waals surface area contributed by atoms with Crippen molar-refractivity contribution >= 4 is 12.4 Å². The quantitative estimate of drug-likeness (QED) is 0.696. The Morgan fingerprint density at radius 2 is 2.23 bits per heavy atom. The van der Waals surface area contributed by atoms with E-state index in [0.717, 1.165) is 24.3 Å². The first-order valence-corrected chi connectivity index (χ1v) is 4.27. The lowest BCUT2D eigenvalue weighted by Crippen LogP contribution is -2.20. The molecule has 1 aromatic rings. The summed E-state index contributed by atoms with van der Waals surface area (Å²) >= 11 is 0. The number of hydrogen-bond acceptors (Lipinski definition) is 2. The number of benzene rings is 1. The summed E-state index contributed by atoms with van der Waals surface area (Å²) in [6.07, 6.45) is 0.927. The van der Waals surface area contributed by atoms with Crippen LogP contribution in [0.2, 0.25) is 0 Å². The second kappa shape index (κ2) is 3.99. The molecule has 2 rings (SSSR count). The highest BCUT2D eigenvalue weighted by Gasteiger charge is 2.18. The molecule has 0 fully saturated rings. The van der Waals surface area contributed by atoms with Gasteiger partial charge < -0.3 is 10.5 Å². The van der Waals surface area contributed by atoms with E-state index in [1.165, 1.54) is 5.56 Å². The smallest absolute Gasteiger partial charge is 0.126 e. The number of hydrogen-bond donors (Lipinski definition) is 1. The molecule has 0 amide bonds. The molecular formula is C10H14ClNO. The van der Waals surface area contributed by atoms with Crippen LogP contribution in [-0.2, 0) is 0 Å². The number of aryl methyl sites for hydroxylation is 1. The Morgan fingerprint density at radius 3 is 2.92 bits per heavy atom. The van der Waals surface area contributed by atoms with Gasteiger partial charge in [0.1, 0.15) is 5.75 Å². The fourth-order valence-electron chi connectivity index (χ4n) is 1.61. The lowest BCUT2D eigenvalue weighted by molar-refractivity contribution is 0.267. The molecular weight excluding hydrogens is 186 g/mol. The molecule has 1 atom stereocenters. The molecule has 1 heterocycles. The highest BCUT2D eigenvalue weighted by Crippen LogP contribution is 2.32. The van der Waals surface area contributed by atoms with Gasteiger partial charge in [0.15, 0.2) is 0 Å². The van der Waals surface area contributed by atoms with Crippen molar-refractivity contribution in [2.75, 3.05) is 6.61 Å². The van der Waals surface area contributed by atoms with Crippen molar-refractivity contribution in [1.82, 2.24) is 0 Å². The third-order valence-electron chi connectivity index (χ3n) is 2.32. The van der Waals surface area contributed by atoms with Crippen molar-refractivity contribution in [2.45, 2.75) is 19.4 Å². The van der Waals surface area contributed by atoms with Crippen LogP contribution in [0, 0.1) is 6.92 Å². The molecule has 0 aromatic heterocycles. The highest BCUT2D eigenvalue weighted by atomic mass is 35.5. The molecule has 0 spiro atoms. The van der Waals surface area contributed by atoms with Crippen LogP contribution in [0.3, 0.4) is 0 Å². The van der Waals surface area contributed by atoms with Crippen LogP contribution in [0.4, 0.5) is 0 Å². The first-order valence-electron chi connectivity index (χ1n) is 4.27. The fourth-order valence-corrected chi connectivity index (χ4v) is 1.61. The molecule has 72 valence electrons. The topological polar surface area (TPSA) is 35.2 Å². The van der Waals surface area contributed by atoms with E-state index in [0.29, 0.717) is 0 Å². The van der Waals surface area contributed by atoms with E-state index in [1.807, 2.05) is 12.1 Å². The maximum absolute atomic E-state index is 5.94. The second-order valence-corrected chi connectivity index (χ2v) is 3.24. The molecule has 2 nitrogen and oxygen atoms in total. The van der Waals surface area contributed by atoms with Crippen LogP contribution in [-0.4, -0.2) is 6.61 Å². The molecule has 1 unspecified atom stereocenters. The normalized spacial score (nSPS) is 19.7. The number of fused-ring (bicyclic) bond motifs is 1. The summed E-state index contributed by atoms with van der Waals surface area (Å²) in [5, 5.41) is 0. The van der Waals surface area contributed by atoms with Crippen molar-refractivity contribution < 1.29 is 4.74 Å². The first kappa shape index (κ1) is 10.4. The van der Waals surface area contributed by atoms with Crippen LogP contribution in [0.1, 0.15) is 23.6 Å². The van der Waals surface area contributed by atoms with Crippen molar-refractivity contribution in [2.24, 2.45) is 5.73 Å². The Morgan fingerprint density at radius 1 is 1.46 bits per heavy atom. The van der Waals surface area contributed by atoms with Gasteiger partial charge in [0.2, 0.25) is 0 Å². The van der Waals surface area contributed by atoms with E-state index in [-0.39, 0.29) is 18.4 Å². The number of rotatable bonds is 0. The third-order valence-corrected chi connectivity index (χ3v) is 2.32.